The molecule has 198 valence electrons. The van der Waals surface area contributed by atoms with Crippen molar-refractivity contribution >= 4 is 51.7 Å². The number of amides is 2. The van der Waals surface area contributed by atoms with Gasteiger partial charge in [-0.15, -0.1) is 0 Å². The third kappa shape index (κ3) is 9.00. The molecular formula is C22H26F3IN4O6. The zero-order valence-electron chi connectivity index (χ0n) is 19.6. The van der Waals surface area contributed by atoms with Crippen LogP contribution in [0.25, 0.3) is 0 Å². The Balaban J connectivity index is 2.20. The van der Waals surface area contributed by atoms with Crippen molar-refractivity contribution in [2.75, 3.05) is 37.2 Å². The first-order valence-electron chi connectivity index (χ1n) is 10.5. The van der Waals surface area contributed by atoms with Crippen LogP contribution in [0.5, 0.6) is 0 Å². The molecule has 0 radical (unpaired) electrons. The average Bonchev–Trinajstić information content (AvgIpc) is 2.78. The molecule has 0 spiro atoms. The predicted molar refractivity (Wildman–Crippen MR) is 133 cm³/mol. The number of aliphatic hydroxyl groups excluding tert-OH is 1. The SMILES string of the molecule is CC(C)(C)OC(=O)NCCONc1cc(C(=O)NOCCO)c(Nc2ccc(I)cc2F)c(F)c1F. The van der Waals surface area contributed by atoms with Gasteiger partial charge in [-0.2, -0.15) is 0 Å². The van der Waals surface area contributed by atoms with E-state index in [0.29, 0.717) is 3.57 Å². The monoisotopic (exact) mass is 626 g/mol. The number of anilines is 3. The van der Waals surface area contributed by atoms with E-state index in [1.807, 2.05) is 28.1 Å². The normalized spacial score (nSPS) is 11.1. The van der Waals surface area contributed by atoms with Crippen LogP contribution in [0.1, 0.15) is 31.1 Å². The fraction of sp³-hybridized carbons (Fsp3) is 0.364. The zero-order valence-corrected chi connectivity index (χ0v) is 21.8. The van der Waals surface area contributed by atoms with Crippen LogP contribution in [0.2, 0.25) is 0 Å². The summed E-state index contributed by atoms with van der Waals surface area (Å²) in [6.07, 6.45) is -0.691. The maximum atomic E-state index is 15.0. The van der Waals surface area contributed by atoms with Crippen molar-refractivity contribution in [2.45, 2.75) is 26.4 Å². The number of nitrogens with one attached hydrogen (secondary N) is 4. The standard InChI is InChI=1S/C22H26F3IN4O6/c1-22(2,3)36-21(33)27-6-8-34-29-16-11-13(20(32)30-35-9-7-31)19(18(25)17(16)24)28-15-5-4-12(26)10-14(15)23/h4-5,10-11,28-29,31H,6-9H2,1-3H3,(H,27,33)(H,30,32). The summed E-state index contributed by atoms with van der Waals surface area (Å²) in [6.45, 7) is 4.20. The molecule has 0 heterocycles. The molecule has 0 atom stereocenters. The van der Waals surface area contributed by atoms with Crippen LogP contribution in [-0.2, 0) is 14.4 Å². The van der Waals surface area contributed by atoms with Gasteiger partial charge in [-0.1, -0.05) is 0 Å². The number of hydroxylamine groups is 1. The van der Waals surface area contributed by atoms with Gasteiger partial charge >= 0.3 is 6.09 Å². The van der Waals surface area contributed by atoms with E-state index in [1.165, 1.54) is 12.1 Å². The molecule has 0 fully saturated rings. The van der Waals surface area contributed by atoms with Crippen LogP contribution in [-0.4, -0.2) is 49.1 Å². The Bertz CT molecular complexity index is 1080. The number of carbonyl (C=O) groups excluding carboxylic acids is 2. The van der Waals surface area contributed by atoms with Crippen molar-refractivity contribution in [3.63, 3.8) is 0 Å². The minimum Gasteiger partial charge on any atom is -0.444 e. The van der Waals surface area contributed by atoms with E-state index in [-0.39, 0.29) is 25.4 Å². The summed E-state index contributed by atoms with van der Waals surface area (Å²) in [5.74, 6) is -4.69. The second-order valence-electron chi connectivity index (χ2n) is 8.11. The lowest BCUT2D eigenvalue weighted by Gasteiger charge is -2.19. The van der Waals surface area contributed by atoms with Crippen LogP contribution in [0, 0.1) is 21.0 Å². The lowest BCUT2D eigenvalue weighted by atomic mass is 10.1. The van der Waals surface area contributed by atoms with E-state index in [9.17, 15) is 18.4 Å². The van der Waals surface area contributed by atoms with E-state index in [2.05, 4.69) is 16.1 Å². The number of hydrogen-bond acceptors (Lipinski definition) is 8. The second-order valence-corrected chi connectivity index (χ2v) is 9.35. The third-order valence-electron chi connectivity index (χ3n) is 4.05. The second kappa shape index (κ2) is 13.5. The summed E-state index contributed by atoms with van der Waals surface area (Å²) in [4.78, 5) is 34.0. The Kier molecular flexibility index (Phi) is 11.0. The highest BCUT2D eigenvalue weighted by atomic mass is 127. The van der Waals surface area contributed by atoms with E-state index in [1.54, 1.807) is 20.8 Å². The molecule has 14 heteroatoms. The zero-order chi connectivity index (χ0) is 26.9. The van der Waals surface area contributed by atoms with Crippen LogP contribution < -0.4 is 21.6 Å². The summed E-state index contributed by atoms with van der Waals surface area (Å²) >= 11 is 1.88. The third-order valence-corrected chi connectivity index (χ3v) is 4.73. The van der Waals surface area contributed by atoms with Crippen LogP contribution in [0.15, 0.2) is 24.3 Å². The van der Waals surface area contributed by atoms with Gasteiger partial charge in [0.2, 0.25) is 0 Å². The highest BCUT2D eigenvalue weighted by Gasteiger charge is 2.24. The van der Waals surface area contributed by atoms with Crippen molar-refractivity contribution in [1.82, 2.24) is 10.8 Å². The van der Waals surface area contributed by atoms with Gasteiger partial charge in [-0.05, 0) is 67.6 Å². The molecule has 36 heavy (non-hydrogen) atoms. The summed E-state index contributed by atoms with van der Waals surface area (Å²) in [7, 11) is 0. The minimum absolute atomic E-state index is 0.0277. The van der Waals surface area contributed by atoms with E-state index in [4.69, 9.17) is 19.5 Å². The van der Waals surface area contributed by atoms with Gasteiger partial charge < -0.3 is 20.5 Å². The van der Waals surface area contributed by atoms with Gasteiger partial charge in [-0.3, -0.25) is 19.9 Å². The number of benzene rings is 2. The number of alkyl carbamates (subject to hydrolysis) is 1. The largest absolute Gasteiger partial charge is 0.444 e. The number of halogens is 4. The predicted octanol–water partition coefficient (Wildman–Crippen LogP) is 3.97. The van der Waals surface area contributed by atoms with E-state index in [0.717, 1.165) is 12.1 Å². The molecule has 10 nitrogen and oxygen atoms in total. The van der Waals surface area contributed by atoms with Gasteiger partial charge in [0.05, 0.1) is 36.8 Å². The molecule has 5 N–H and O–H groups in total. The molecule has 0 aliphatic carbocycles. The maximum absolute atomic E-state index is 15.0. The van der Waals surface area contributed by atoms with Crippen molar-refractivity contribution in [2.24, 2.45) is 0 Å². The van der Waals surface area contributed by atoms with Crippen molar-refractivity contribution in [3.05, 3.63) is 50.9 Å². The molecule has 0 saturated heterocycles. The summed E-state index contributed by atoms with van der Waals surface area (Å²) in [5.41, 5.74) is 1.59. The molecule has 2 rings (SSSR count). The number of hydrogen-bond donors (Lipinski definition) is 5. The van der Waals surface area contributed by atoms with Gasteiger partial charge in [0.25, 0.3) is 5.91 Å². The van der Waals surface area contributed by atoms with Gasteiger partial charge in [0.15, 0.2) is 11.6 Å². The molecule has 0 bridgehead atoms. The molecule has 2 aromatic rings. The van der Waals surface area contributed by atoms with Gasteiger partial charge in [0.1, 0.15) is 17.1 Å². The number of aliphatic hydroxyl groups is 1. The molecule has 0 unspecified atom stereocenters. The average molecular weight is 626 g/mol. The molecule has 0 saturated carbocycles. The van der Waals surface area contributed by atoms with Crippen molar-refractivity contribution < 1.29 is 42.3 Å². The van der Waals surface area contributed by atoms with E-state index >= 15 is 4.39 Å². The summed E-state index contributed by atoms with van der Waals surface area (Å²) < 4.78 is 49.7. The first-order valence-corrected chi connectivity index (χ1v) is 11.6. The quantitative estimate of drug-likeness (QED) is 0.144. The topological polar surface area (TPSA) is 130 Å². The first-order chi connectivity index (χ1) is 16.9. The maximum Gasteiger partial charge on any atom is 0.407 e. The lowest BCUT2D eigenvalue weighted by Crippen LogP contribution is -2.34. The van der Waals surface area contributed by atoms with Gasteiger partial charge in [-0.25, -0.2) is 23.4 Å². The summed E-state index contributed by atoms with van der Waals surface area (Å²) in [5, 5.41) is 13.6. The smallest absolute Gasteiger partial charge is 0.407 e. The Morgan fingerprint density at radius 2 is 1.75 bits per heavy atom. The fourth-order valence-electron chi connectivity index (χ4n) is 2.59. The Morgan fingerprint density at radius 1 is 1.03 bits per heavy atom. The molecule has 2 amide bonds. The van der Waals surface area contributed by atoms with E-state index < -0.39 is 58.6 Å². The molecular weight excluding hydrogens is 600 g/mol. The number of ether oxygens (including phenoxy) is 1. The highest BCUT2D eigenvalue weighted by molar-refractivity contribution is 14.1. The molecule has 0 aromatic heterocycles. The molecule has 0 aliphatic rings. The number of rotatable bonds is 11. The van der Waals surface area contributed by atoms with Crippen LogP contribution in [0.3, 0.4) is 0 Å². The Morgan fingerprint density at radius 3 is 2.39 bits per heavy atom. The van der Waals surface area contributed by atoms with Crippen LogP contribution >= 0.6 is 22.6 Å². The Hall–Kier alpha value is -2.82. The van der Waals surface area contributed by atoms with Gasteiger partial charge in [0, 0.05) is 10.1 Å². The Labute approximate surface area is 218 Å². The molecule has 2 aromatic carbocycles. The minimum atomic E-state index is -1.50. The molecule has 0 aliphatic heterocycles. The van der Waals surface area contributed by atoms with Crippen molar-refractivity contribution in [3.8, 4) is 0 Å². The lowest BCUT2D eigenvalue weighted by molar-refractivity contribution is 0.0168. The highest BCUT2D eigenvalue weighted by Crippen LogP contribution is 2.32. The first kappa shape index (κ1) is 29.4. The summed E-state index contributed by atoms with van der Waals surface area (Å²) in [6, 6.07) is 4.91. The fourth-order valence-corrected chi connectivity index (χ4v) is 3.04. The van der Waals surface area contributed by atoms with Crippen molar-refractivity contribution in [1.29, 1.82) is 0 Å². The van der Waals surface area contributed by atoms with Crippen LogP contribution in [0.4, 0.5) is 35.0 Å². The number of carbonyl (C=O) groups is 2.